The van der Waals surface area contributed by atoms with Crippen LogP contribution in [0.25, 0.3) is 0 Å². The van der Waals surface area contributed by atoms with Gasteiger partial charge in [-0.15, -0.1) is 0 Å². The van der Waals surface area contributed by atoms with Crippen LogP contribution >= 0.6 is 0 Å². The van der Waals surface area contributed by atoms with Gasteiger partial charge in [-0.1, -0.05) is 32.1 Å². The first-order valence-corrected chi connectivity index (χ1v) is 8.09. The molecule has 2 rings (SSSR count). The van der Waals surface area contributed by atoms with Crippen LogP contribution in [0.4, 0.5) is 0 Å². The number of nitrogens with zero attached hydrogens (tertiary/aromatic N) is 1. The summed E-state index contributed by atoms with van der Waals surface area (Å²) in [4.78, 5) is 25.7. The van der Waals surface area contributed by atoms with Crippen molar-refractivity contribution in [1.29, 1.82) is 0 Å². The zero-order valence-corrected chi connectivity index (χ0v) is 12.5. The molecule has 2 unspecified atom stereocenters. The highest BCUT2D eigenvalue weighted by atomic mass is 16.4. The lowest BCUT2D eigenvalue weighted by atomic mass is 9.80. The van der Waals surface area contributed by atoms with Gasteiger partial charge in [0.1, 0.15) is 0 Å². The fourth-order valence-corrected chi connectivity index (χ4v) is 3.75. The largest absolute Gasteiger partial charge is 0.481 e. The number of rotatable bonds is 3. The van der Waals surface area contributed by atoms with Crippen LogP contribution in [0.2, 0.25) is 0 Å². The van der Waals surface area contributed by atoms with E-state index < -0.39 is 5.97 Å². The number of hydrogen-bond acceptors (Lipinski definition) is 2. The standard InChI is InChI=1S/C16H27NO3/c1-17(14-9-4-2-3-5-10-14)15(18)12-7-6-8-13(11-12)16(19)20/h12-14H,2-11H2,1H3,(H,19,20). The van der Waals surface area contributed by atoms with Crippen molar-refractivity contribution in [3.05, 3.63) is 0 Å². The van der Waals surface area contributed by atoms with Gasteiger partial charge >= 0.3 is 5.97 Å². The van der Waals surface area contributed by atoms with E-state index in [1.807, 2.05) is 11.9 Å². The van der Waals surface area contributed by atoms with Gasteiger partial charge in [0.15, 0.2) is 0 Å². The van der Waals surface area contributed by atoms with Gasteiger partial charge in [0.2, 0.25) is 5.91 Å². The lowest BCUT2D eigenvalue weighted by Gasteiger charge is -2.33. The summed E-state index contributed by atoms with van der Waals surface area (Å²) in [6, 6.07) is 0.371. The average molecular weight is 281 g/mol. The zero-order chi connectivity index (χ0) is 14.5. The topological polar surface area (TPSA) is 57.6 Å². The maximum absolute atomic E-state index is 12.6. The smallest absolute Gasteiger partial charge is 0.306 e. The summed E-state index contributed by atoms with van der Waals surface area (Å²) in [7, 11) is 1.92. The molecule has 4 heteroatoms. The quantitative estimate of drug-likeness (QED) is 0.809. The van der Waals surface area contributed by atoms with Crippen LogP contribution in [0, 0.1) is 11.8 Å². The van der Waals surface area contributed by atoms with Crippen molar-refractivity contribution >= 4 is 11.9 Å². The van der Waals surface area contributed by atoms with Crippen LogP contribution in [0.1, 0.15) is 64.2 Å². The summed E-state index contributed by atoms with van der Waals surface area (Å²) in [5.41, 5.74) is 0. The van der Waals surface area contributed by atoms with Crippen molar-refractivity contribution in [1.82, 2.24) is 4.90 Å². The van der Waals surface area contributed by atoms with Gasteiger partial charge in [-0.2, -0.15) is 0 Å². The Labute approximate surface area is 121 Å². The van der Waals surface area contributed by atoms with Crippen LogP contribution < -0.4 is 0 Å². The van der Waals surface area contributed by atoms with E-state index in [2.05, 4.69) is 0 Å². The second kappa shape index (κ2) is 7.09. The number of carboxylic acid groups (broad SMARTS) is 1. The molecule has 1 N–H and O–H groups in total. The average Bonchev–Trinajstić information content (AvgIpc) is 2.75. The Bertz CT molecular complexity index is 348. The molecular formula is C16H27NO3. The molecule has 0 aromatic heterocycles. The molecule has 2 fully saturated rings. The highest BCUT2D eigenvalue weighted by Gasteiger charge is 2.34. The maximum Gasteiger partial charge on any atom is 0.306 e. The SMILES string of the molecule is CN(C(=O)C1CCCC(C(=O)O)C1)C1CCCCCC1. The summed E-state index contributed by atoms with van der Waals surface area (Å²) in [6.45, 7) is 0. The van der Waals surface area contributed by atoms with E-state index >= 15 is 0 Å². The molecule has 0 heterocycles. The highest BCUT2D eigenvalue weighted by molar-refractivity contribution is 5.80. The van der Waals surface area contributed by atoms with E-state index in [1.165, 1.54) is 25.7 Å². The minimum atomic E-state index is -0.736. The van der Waals surface area contributed by atoms with Gasteiger partial charge in [-0.3, -0.25) is 9.59 Å². The molecule has 4 nitrogen and oxygen atoms in total. The normalized spacial score (nSPS) is 28.6. The molecule has 1 amide bonds. The van der Waals surface area contributed by atoms with Gasteiger partial charge in [-0.25, -0.2) is 0 Å². The molecule has 2 saturated carbocycles. The summed E-state index contributed by atoms with van der Waals surface area (Å²) in [6.07, 6.45) is 10.2. The van der Waals surface area contributed by atoms with Crippen LogP contribution in [-0.4, -0.2) is 35.0 Å². The Hall–Kier alpha value is -1.06. The third-order valence-corrected chi connectivity index (χ3v) is 5.09. The predicted molar refractivity (Wildman–Crippen MR) is 77.3 cm³/mol. The van der Waals surface area contributed by atoms with Gasteiger partial charge in [0.05, 0.1) is 5.92 Å². The summed E-state index contributed by atoms with van der Waals surface area (Å²) < 4.78 is 0. The molecule has 0 aromatic carbocycles. The van der Waals surface area contributed by atoms with Crippen molar-refractivity contribution in [3.63, 3.8) is 0 Å². The van der Waals surface area contributed by atoms with Gasteiger partial charge < -0.3 is 10.0 Å². The van der Waals surface area contributed by atoms with E-state index in [9.17, 15) is 9.59 Å². The van der Waals surface area contributed by atoms with Crippen molar-refractivity contribution in [2.45, 2.75) is 70.3 Å². The van der Waals surface area contributed by atoms with E-state index in [-0.39, 0.29) is 17.7 Å². The van der Waals surface area contributed by atoms with Crippen molar-refractivity contribution in [3.8, 4) is 0 Å². The first-order chi connectivity index (χ1) is 9.59. The predicted octanol–water partition coefficient (Wildman–Crippen LogP) is 3.06. The Morgan fingerprint density at radius 1 is 0.900 bits per heavy atom. The molecule has 114 valence electrons. The molecule has 0 bridgehead atoms. The molecule has 2 atom stereocenters. The molecule has 2 aliphatic rings. The second-order valence-corrected chi connectivity index (χ2v) is 6.49. The Balaban J connectivity index is 1.93. The monoisotopic (exact) mass is 281 g/mol. The van der Waals surface area contributed by atoms with E-state index in [4.69, 9.17) is 5.11 Å². The third-order valence-electron chi connectivity index (χ3n) is 5.09. The number of amides is 1. The van der Waals surface area contributed by atoms with Gasteiger partial charge in [0, 0.05) is 19.0 Å². The molecule has 0 radical (unpaired) electrons. The lowest BCUT2D eigenvalue weighted by molar-refractivity contribution is -0.145. The minimum absolute atomic E-state index is 0.0712. The Morgan fingerprint density at radius 3 is 2.10 bits per heavy atom. The number of hydrogen-bond donors (Lipinski definition) is 1. The first-order valence-electron chi connectivity index (χ1n) is 8.09. The van der Waals surface area contributed by atoms with Crippen LogP contribution in [0.5, 0.6) is 0 Å². The summed E-state index contributed by atoms with van der Waals surface area (Å²) in [5.74, 6) is -0.944. The fourth-order valence-electron chi connectivity index (χ4n) is 3.75. The Morgan fingerprint density at radius 2 is 1.50 bits per heavy atom. The molecule has 2 aliphatic carbocycles. The van der Waals surface area contributed by atoms with E-state index in [0.717, 1.165) is 32.1 Å². The minimum Gasteiger partial charge on any atom is -0.481 e. The number of aliphatic carboxylic acids is 1. The van der Waals surface area contributed by atoms with E-state index in [0.29, 0.717) is 12.5 Å². The highest BCUT2D eigenvalue weighted by Crippen LogP contribution is 2.32. The van der Waals surface area contributed by atoms with E-state index in [1.54, 1.807) is 0 Å². The van der Waals surface area contributed by atoms with Crippen molar-refractivity contribution in [2.75, 3.05) is 7.05 Å². The molecule has 0 aromatic rings. The molecular weight excluding hydrogens is 254 g/mol. The molecule has 20 heavy (non-hydrogen) atoms. The van der Waals surface area contributed by atoms with Crippen LogP contribution in [0.15, 0.2) is 0 Å². The molecule has 0 spiro atoms. The zero-order valence-electron chi connectivity index (χ0n) is 12.5. The maximum atomic E-state index is 12.6. The molecule has 0 aliphatic heterocycles. The third kappa shape index (κ3) is 3.74. The Kier molecular flexibility index (Phi) is 5.44. The van der Waals surface area contributed by atoms with Gasteiger partial charge in [-0.05, 0) is 32.1 Å². The lowest BCUT2D eigenvalue weighted by Crippen LogP contribution is -2.42. The number of carbonyl (C=O) groups excluding carboxylic acids is 1. The van der Waals surface area contributed by atoms with Crippen LogP contribution in [0.3, 0.4) is 0 Å². The van der Waals surface area contributed by atoms with Crippen molar-refractivity contribution in [2.24, 2.45) is 11.8 Å². The summed E-state index contributed by atoms with van der Waals surface area (Å²) >= 11 is 0. The second-order valence-electron chi connectivity index (χ2n) is 6.49. The number of carboxylic acids is 1. The first kappa shape index (κ1) is 15.3. The van der Waals surface area contributed by atoms with Gasteiger partial charge in [0.25, 0.3) is 0 Å². The summed E-state index contributed by atoms with van der Waals surface area (Å²) in [5, 5.41) is 9.14. The van der Waals surface area contributed by atoms with Crippen LogP contribution in [-0.2, 0) is 9.59 Å². The molecule has 0 saturated heterocycles. The fraction of sp³-hybridized carbons (Fsp3) is 0.875. The number of carbonyl (C=O) groups is 2. The van der Waals surface area contributed by atoms with Crippen molar-refractivity contribution < 1.29 is 14.7 Å².